The molecular formula is C16H26N2O4. The van der Waals surface area contributed by atoms with Crippen molar-refractivity contribution in [2.24, 2.45) is 5.41 Å². The van der Waals surface area contributed by atoms with Crippen molar-refractivity contribution in [2.75, 3.05) is 13.1 Å². The lowest BCUT2D eigenvalue weighted by atomic mass is 9.66. The number of carbonyl (C=O) groups excluding carboxylic acids is 2. The molecule has 2 N–H and O–H groups in total. The van der Waals surface area contributed by atoms with Gasteiger partial charge in [0.15, 0.2) is 0 Å². The molecule has 22 heavy (non-hydrogen) atoms. The van der Waals surface area contributed by atoms with E-state index in [0.717, 1.165) is 25.7 Å². The van der Waals surface area contributed by atoms with Crippen LogP contribution in [0.25, 0.3) is 0 Å². The fourth-order valence-corrected chi connectivity index (χ4v) is 3.32. The van der Waals surface area contributed by atoms with E-state index in [1.165, 1.54) is 0 Å². The first kappa shape index (κ1) is 16.8. The van der Waals surface area contributed by atoms with Crippen molar-refractivity contribution in [2.45, 2.75) is 64.3 Å². The van der Waals surface area contributed by atoms with Crippen LogP contribution in [-0.4, -0.2) is 46.9 Å². The summed E-state index contributed by atoms with van der Waals surface area (Å²) >= 11 is 0. The quantitative estimate of drug-likeness (QED) is 0.779. The molecule has 2 amide bonds. The molecule has 1 unspecified atom stereocenters. The van der Waals surface area contributed by atoms with Crippen molar-refractivity contribution in [1.29, 1.82) is 0 Å². The standard InChI is InChI=1S/C16H26N2O4/c1-2-5-13(19)17-12-6-3-9-18(11-12)14(20)10-16(15(21)22)7-4-8-16/h12H,2-11H2,1H3,(H,17,19)(H,21,22). The Balaban J connectivity index is 1.87. The van der Waals surface area contributed by atoms with Gasteiger partial charge in [-0.15, -0.1) is 0 Å². The predicted octanol–water partition coefficient (Wildman–Crippen LogP) is 1.54. The molecule has 1 heterocycles. The van der Waals surface area contributed by atoms with Crippen LogP contribution in [0.15, 0.2) is 0 Å². The van der Waals surface area contributed by atoms with Gasteiger partial charge in [0.25, 0.3) is 0 Å². The fraction of sp³-hybridized carbons (Fsp3) is 0.812. The Hall–Kier alpha value is -1.59. The van der Waals surface area contributed by atoms with Crippen LogP contribution in [0.1, 0.15) is 58.3 Å². The van der Waals surface area contributed by atoms with Gasteiger partial charge in [-0.05, 0) is 32.1 Å². The largest absolute Gasteiger partial charge is 0.481 e. The second kappa shape index (κ2) is 7.11. The van der Waals surface area contributed by atoms with Crippen LogP contribution in [0.3, 0.4) is 0 Å². The van der Waals surface area contributed by atoms with Crippen LogP contribution in [0.2, 0.25) is 0 Å². The Morgan fingerprint density at radius 3 is 2.55 bits per heavy atom. The minimum absolute atomic E-state index is 0.00100. The molecule has 0 aromatic carbocycles. The Labute approximate surface area is 131 Å². The Morgan fingerprint density at radius 1 is 1.27 bits per heavy atom. The van der Waals surface area contributed by atoms with E-state index in [1.54, 1.807) is 4.90 Å². The maximum atomic E-state index is 12.4. The van der Waals surface area contributed by atoms with E-state index >= 15 is 0 Å². The first-order valence-corrected chi connectivity index (χ1v) is 8.27. The van der Waals surface area contributed by atoms with Gasteiger partial charge in [-0.25, -0.2) is 0 Å². The molecule has 1 aliphatic carbocycles. The van der Waals surface area contributed by atoms with Gasteiger partial charge in [0.1, 0.15) is 0 Å². The van der Waals surface area contributed by atoms with Crippen molar-refractivity contribution in [3.63, 3.8) is 0 Å². The molecule has 0 aromatic rings. The number of aliphatic carboxylic acids is 1. The molecule has 6 nitrogen and oxygen atoms in total. The number of nitrogens with one attached hydrogen (secondary N) is 1. The molecule has 1 saturated heterocycles. The molecule has 2 aliphatic rings. The van der Waals surface area contributed by atoms with Crippen molar-refractivity contribution >= 4 is 17.8 Å². The number of carboxylic acid groups (broad SMARTS) is 1. The summed E-state index contributed by atoms with van der Waals surface area (Å²) < 4.78 is 0. The summed E-state index contributed by atoms with van der Waals surface area (Å²) in [6.07, 6.45) is 5.21. The van der Waals surface area contributed by atoms with E-state index in [4.69, 9.17) is 0 Å². The number of rotatable bonds is 6. The zero-order valence-corrected chi connectivity index (χ0v) is 13.3. The molecule has 1 saturated carbocycles. The molecular weight excluding hydrogens is 284 g/mol. The summed E-state index contributed by atoms with van der Waals surface area (Å²) in [6, 6.07) is -0.00100. The van der Waals surface area contributed by atoms with Gasteiger partial charge < -0.3 is 15.3 Å². The predicted molar refractivity (Wildman–Crippen MR) is 81.2 cm³/mol. The van der Waals surface area contributed by atoms with Gasteiger partial charge >= 0.3 is 5.97 Å². The molecule has 0 bridgehead atoms. The Morgan fingerprint density at radius 2 is 2.00 bits per heavy atom. The number of likely N-dealkylation sites (tertiary alicyclic amines) is 1. The average Bonchev–Trinajstić information content (AvgIpc) is 2.42. The molecule has 0 radical (unpaired) electrons. The first-order chi connectivity index (χ1) is 10.5. The zero-order chi connectivity index (χ0) is 16.2. The summed E-state index contributed by atoms with van der Waals surface area (Å²) in [5.41, 5.74) is -0.838. The first-order valence-electron chi connectivity index (χ1n) is 8.27. The van der Waals surface area contributed by atoms with Crippen LogP contribution in [0.4, 0.5) is 0 Å². The smallest absolute Gasteiger partial charge is 0.310 e. The van der Waals surface area contributed by atoms with E-state index in [0.29, 0.717) is 32.4 Å². The summed E-state index contributed by atoms with van der Waals surface area (Å²) in [4.78, 5) is 37.2. The van der Waals surface area contributed by atoms with Crippen molar-refractivity contribution < 1.29 is 19.5 Å². The second-order valence-corrected chi connectivity index (χ2v) is 6.61. The van der Waals surface area contributed by atoms with Crippen LogP contribution in [-0.2, 0) is 14.4 Å². The van der Waals surface area contributed by atoms with Gasteiger partial charge in [-0.2, -0.15) is 0 Å². The van der Waals surface area contributed by atoms with E-state index in [9.17, 15) is 19.5 Å². The highest BCUT2D eigenvalue weighted by Gasteiger charge is 2.46. The number of amides is 2. The third-order valence-corrected chi connectivity index (χ3v) is 4.87. The lowest BCUT2D eigenvalue weighted by Gasteiger charge is -2.40. The van der Waals surface area contributed by atoms with Gasteiger partial charge in [0.2, 0.25) is 11.8 Å². The molecule has 0 spiro atoms. The number of nitrogens with zero attached hydrogens (tertiary/aromatic N) is 1. The van der Waals surface area contributed by atoms with Crippen LogP contribution in [0.5, 0.6) is 0 Å². The second-order valence-electron chi connectivity index (χ2n) is 6.61. The lowest BCUT2D eigenvalue weighted by molar-refractivity contribution is -0.159. The highest BCUT2D eigenvalue weighted by atomic mass is 16.4. The molecule has 6 heteroatoms. The summed E-state index contributed by atoms with van der Waals surface area (Å²) in [7, 11) is 0. The van der Waals surface area contributed by atoms with E-state index in [-0.39, 0.29) is 24.3 Å². The van der Waals surface area contributed by atoms with Crippen molar-refractivity contribution in [3.05, 3.63) is 0 Å². The maximum Gasteiger partial charge on any atom is 0.310 e. The van der Waals surface area contributed by atoms with Gasteiger partial charge in [-0.1, -0.05) is 13.3 Å². The highest BCUT2D eigenvalue weighted by molar-refractivity contribution is 5.86. The number of carbonyl (C=O) groups is 3. The van der Waals surface area contributed by atoms with E-state index in [1.807, 2.05) is 6.92 Å². The van der Waals surface area contributed by atoms with Gasteiger partial charge in [0, 0.05) is 32.0 Å². The SMILES string of the molecule is CCCC(=O)NC1CCCN(C(=O)CC2(C(=O)O)CCC2)C1. The minimum Gasteiger partial charge on any atom is -0.481 e. The number of hydrogen-bond donors (Lipinski definition) is 2. The molecule has 2 fully saturated rings. The van der Waals surface area contributed by atoms with Gasteiger partial charge in [0.05, 0.1) is 5.41 Å². The molecule has 124 valence electrons. The third-order valence-electron chi connectivity index (χ3n) is 4.87. The van der Waals surface area contributed by atoms with E-state index in [2.05, 4.69) is 5.32 Å². The topological polar surface area (TPSA) is 86.7 Å². The Kier molecular flexibility index (Phi) is 5.42. The Bertz CT molecular complexity index is 445. The molecule has 2 rings (SSSR count). The number of piperidine rings is 1. The molecule has 1 aliphatic heterocycles. The number of carboxylic acids is 1. The summed E-state index contributed by atoms with van der Waals surface area (Å²) in [5, 5.41) is 12.3. The van der Waals surface area contributed by atoms with Gasteiger partial charge in [-0.3, -0.25) is 14.4 Å². The maximum absolute atomic E-state index is 12.4. The average molecular weight is 310 g/mol. The third kappa shape index (κ3) is 3.78. The van der Waals surface area contributed by atoms with Crippen LogP contribution < -0.4 is 5.32 Å². The summed E-state index contributed by atoms with van der Waals surface area (Å²) in [6.45, 7) is 3.12. The minimum atomic E-state index is -0.850. The normalized spacial score (nSPS) is 23.5. The van der Waals surface area contributed by atoms with Crippen molar-refractivity contribution in [1.82, 2.24) is 10.2 Å². The molecule has 1 atom stereocenters. The van der Waals surface area contributed by atoms with Crippen molar-refractivity contribution in [3.8, 4) is 0 Å². The summed E-state index contributed by atoms with van der Waals surface area (Å²) in [5.74, 6) is -0.906. The zero-order valence-electron chi connectivity index (χ0n) is 13.3. The highest BCUT2D eigenvalue weighted by Crippen LogP contribution is 2.44. The number of hydrogen-bond acceptors (Lipinski definition) is 3. The van der Waals surface area contributed by atoms with Crippen LogP contribution >= 0.6 is 0 Å². The van der Waals surface area contributed by atoms with E-state index < -0.39 is 11.4 Å². The monoisotopic (exact) mass is 310 g/mol. The molecule has 0 aromatic heterocycles. The van der Waals surface area contributed by atoms with Crippen LogP contribution in [0, 0.1) is 5.41 Å². The lowest BCUT2D eigenvalue weighted by Crippen LogP contribution is -2.51. The fourth-order valence-electron chi connectivity index (χ4n) is 3.32.